The van der Waals surface area contributed by atoms with Crippen LogP contribution in [-0.4, -0.2) is 5.91 Å². The molecule has 2 rings (SSSR count). The monoisotopic (exact) mass is 283 g/mol. The summed E-state index contributed by atoms with van der Waals surface area (Å²) < 4.78 is 13.4. The molecule has 0 saturated carbocycles. The third-order valence-electron chi connectivity index (χ3n) is 3.16. The molecule has 0 atom stereocenters. The Morgan fingerprint density at radius 1 is 1.10 bits per heavy atom. The van der Waals surface area contributed by atoms with Gasteiger partial charge in [-0.1, -0.05) is 50.2 Å². The molecule has 0 unspecified atom stereocenters. The van der Waals surface area contributed by atoms with Gasteiger partial charge in [-0.2, -0.15) is 0 Å². The maximum atomic E-state index is 13.4. The van der Waals surface area contributed by atoms with Gasteiger partial charge in [0, 0.05) is 6.08 Å². The van der Waals surface area contributed by atoms with Crippen LogP contribution in [0.3, 0.4) is 0 Å². The summed E-state index contributed by atoms with van der Waals surface area (Å²) >= 11 is 0. The Hall–Kier alpha value is -2.42. The number of carbonyl (C=O) groups excluding carboxylic acids is 1. The van der Waals surface area contributed by atoms with Gasteiger partial charge in [0.2, 0.25) is 5.91 Å². The summed E-state index contributed by atoms with van der Waals surface area (Å²) in [7, 11) is 0. The number of carbonyl (C=O) groups is 1. The summed E-state index contributed by atoms with van der Waals surface area (Å²) in [4.78, 5) is 11.7. The number of amides is 1. The van der Waals surface area contributed by atoms with Crippen molar-refractivity contribution in [3.05, 3.63) is 71.6 Å². The van der Waals surface area contributed by atoms with Crippen molar-refractivity contribution in [1.82, 2.24) is 0 Å². The van der Waals surface area contributed by atoms with Gasteiger partial charge < -0.3 is 5.32 Å². The number of nitrogens with one attached hydrogen (secondary N) is 1. The summed E-state index contributed by atoms with van der Waals surface area (Å²) in [6.45, 7) is 4.26. The Kier molecular flexibility index (Phi) is 4.88. The van der Waals surface area contributed by atoms with Gasteiger partial charge >= 0.3 is 0 Å². The van der Waals surface area contributed by atoms with Crippen molar-refractivity contribution >= 4 is 17.7 Å². The average Bonchev–Trinajstić information content (AvgIpc) is 2.48. The molecule has 0 aliphatic rings. The van der Waals surface area contributed by atoms with Gasteiger partial charge in [-0.25, -0.2) is 4.39 Å². The molecule has 0 saturated heterocycles. The minimum atomic E-state index is -0.444. The van der Waals surface area contributed by atoms with E-state index < -0.39 is 5.82 Å². The third kappa shape index (κ3) is 4.28. The first-order valence-electron chi connectivity index (χ1n) is 6.90. The van der Waals surface area contributed by atoms with Gasteiger partial charge in [0.15, 0.2) is 0 Å². The second kappa shape index (κ2) is 6.84. The Balaban J connectivity index is 2.00. The zero-order valence-corrected chi connectivity index (χ0v) is 12.1. The quantitative estimate of drug-likeness (QED) is 0.816. The van der Waals surface area contributed by atoms with E-state index in [9.17, 15) is 9.18 Å². The highest BCUT2D eigenvalue weighted by atomic mass is 19.1. The SMILES string of the molecule is CC(C)c1ccc(C=CC(=O)Nc2ccccc2F)cc1. The third-order valence-corrected chi connectivity index (χ3v) is 3.16. The van der Waals surface area contributed by atoms with Crippen LogP contribution < -0.4 is 5.32 Å². The molecule has 1 amide bonds. The molecule has 2 aromatic rings. The molecule has 1 N–H and O–H groups in total. The molecule has 0 radical (unpaired) electrons. The molecule has 21 heavy (non-hydrogen) atoms. The molecule has 2 aromatic carbocycles. The van der Waals surface area contributed by atoms with Crippen molar-refractivity contribution in [1.29, 1.82) is 0 Å². The molecule has 0 aliphatic carbocycles. The van der Waals surface area contributed by atoms with E-state index in [0.717, 1.165) is 5.56 Å². The minimum absolute atomic E-state index is 0.183. The van der Waals surface area contributed by atoms with E-state index in [4.69, 9.17) is 0 Å². The summed E-state index contributed by atoms with van der Waals surface area (Å²) in [5.41, 5.74) is 2.37. The van der Waals surface area contributed by atoms with Crippen LogP contribution in [0.4, 0.5) is 10.1 Å². The molecule has 0 heterocycles. The number of hydrogen-bond acceptors (Lipinski definition) is 1. The summed E-state index contributed by atoms with van der Waals surface area (Å²) in [5, 5.41) is 2.51. The predicted molar refractivity (Wildman–Crippen MR) is 84.6 cm³/mol. The number of para-hydroxylation sites is 1. The Morgan fingerprint density at radius 3 is 2.38 bits per heavy atom. The van der Waals surface area contributed by atoms with E-state index in [0.29, 0.717) is 5.92 Å². The highest BCUT2D eigenvalue weighted by Gasteiger charge is 2.03. The first-order valence-corrected chi connectivity index (χ1v) is 6.90. The summed E-state index contributed by atoms with van der Waals surface area (Å²) in [6, 6.07) is 14.1. The van der Waals surface area contributed by atoms with Crippen molar-refractivity contribution in [2.45, 2.75) is 19.8 Å². The van der Waals surface area contributed by atoms with Crippen LogP contribution in [0, 0.1) is 5.82 Å². The molecule has 2 nitrogen and oxygen atoms in total. The smallest absolute Gasteiger partial charge is 0.248 e. The normalized spacial score (nSPS) is 11.0. The van der Waals surface area contributed by atoms with Crippen LogP contribution in [-0.2, 0) is 4.79 Å². The zero-order chi connectivity index (χ0) is 15.2. The second-order valence-electron chi connectivity index (χ2n) is 5.12. The fraction of sp³-hybridized carbons (Fsp3) is 0.167. The zero-order valence-electron chi connectivity index (χ0n) is 12.1. The van der Waals surface area contributed by atoms with E-state index >= 15 is 0 Å². The maximum absolute atomic E-state index is 13.4. The highest BCUT2D eigenvalue weighted by Crippen LogP contribution is 2.16. The molecule has 0 aromatic heterocycles. The van der Waals surface area contributed by atoms with Crippen LogP contribution >= 0.6 is 0 Å². The number of rotatable bonds is 4. The molecular weight excluding hydrogens is 265 g/mol. The highest BCUT2D eigenvalue weighted by molar-refractivity contribution is 6.01. The number of anilines is 1. The van der Waals surface area contributed by atoms with Crippen molar-refractivity contribution in [3.8, 4) is 0 Å². The van der Waals surface area contributed by atoms with Crippen LogP contribution in [0.1, 0.15) is 30.9 Å². The van der Waals surface area contributed by atoms with Gasteiger partial charge in [0.1, 0.15) is 5.82 Å². The number of halogens is 1. The van der Waals surface area contributed by atoms with Crippen molar-refractivity contribution in [2.24, 2.45) is 0 Å². The van der Waals surface area contributed by atoms with Crippen LogP contribution in [0.5, 0.6) is 0 Å². The van der Waals surface area contributed by atoms with Crippen molar-refractivity contribution < 1.29 is 9.18 Å². The fourth-order valence-electron chi connectivity index (χ4n) is 1.90. The topological polar surface area (TPSA) is 29.1 Å². The Labute approximate surface area is 124 Å². The lowest BCUT2D eigenvalue weighted by Gasteiger charge is -2.05. The van der Waals surface area contributed by atoms with Crippen LogP contribution in [0.15, 0.2) is 54.6 Å². The Bertz CT molecular complexity index is 645. The van der Waals surface area contributed by atoms with Crippen molar-refractivity contribution in [3.63, 3.8) is 0 Å². The van der Waals surface area contributed by atoms with Crippen molar-refractivity contribution in [2.75, 3.05) is 5.32 Å². The largest absolute Gasteiger partial charge is 0.320 e. The minimum Gasteiger partial charge on any atom is -0.320 e. The molecular formula is C18H18FNO. The van der Waals surface area contributed by atoms with Crippen LogP contribution in [0.2, 0.25) is 0 Å². The maximum Gasteiger partial charge on any atom is 0.248 e. The second-order valence-corrected chi connectivity index (χ2v) is 5.12. The van der Waals surface area contributed by atoms with E-state index in [2.05, 4.69) is 19.2 Å². The number of benzene rings is 2. The molecule has 0 spiro atoms. The molecule has 108 valence electrons. The first kappa shape index (κ1) is 15.0. The van der Waals surface area contributed by atoms with E-state index in [1.807, 2.05) is 24.3 Å². The predicted octanol–water partition coefficient (Wildman–Crippen LogP) is 4.60. The molecule has 0 aliphatic heterocycles. The summed E-state index contributed by atoms with van der Waals surface area (Å²) in [6.07, 6.45) is 3.11. The van der Waals surface area contributed by atoms with Gasteiger partial charge in [-0.05, 0) is 35.3 Å². The average molecular weight is 283 g/mol. The van der Waals surface area contributed by atoms with E-state index in [-0.39, 0.29) is 11.6 Å². The lowest BCUT2D eigenvalue weighted by atomic mass is 10.0. The van der Waals surface area contributed by atoms with Crippen LogP contribution in [0.25, 0.3) is 6.08 Å². The van der Waals surface area contributed by atoms with Gasteiger partial charge in [0.25, 0.3) is 0 Å². The molecule has 0 bridgehead atoms. The lowest BCUT2D eigenvalue weighted by molar-refractivity contribution is -0.111. The lowest BCUT2D eigenvalue weighted by Crippen LogP contribution is -2.08. The van der Waals surface area contributed by atoms with Gasteiger partial charge in [0.05, 0.1) is 5.69 Å². The van der Waals surface area contributed by atoms with Gasteiger partial charge in [-0.3, -0.25) is 4.79 Å². The fourth-order valence-corrected chi connectivity index (χ4v) is 1.90. The Morgan fingerprint density at radius 2 is 1.76 bits per heavy atom. The van der Waals surface area contributed by atoms with E-state index in [1.165, 1.54) is 23.8 Å². The summed E-state index contributed by atoms with van der Waals surface area (Å²) in [5.74, 6) is -0.319. The molecule has 3 heteroatoms. The van der Waals surface area contributed by atoms with E-state index in [1.54, 1.807) is 18.2 Å². The first-order chi connectivity index (χ1) is 10.1. The number of hydrogen-bond donors (Lipinski definition) is 1. The molecule has 0 fully saturated rings. The standard InChI is InChI=1S/C18H18FNO/c1-13(2)15-10-7-14(8-11-15)9-12-18(21)20-17-6-4-3-5-16(17)19/h3-13H,1-2H3,(H,20,21). The van der Waals surface area contributed by atoms with Gasteiger partial charge in [-0.15, -0.1) is 0 Å².